The highest BCUT2D eigenvalue weighted by Crippen LogP contribution is 2.15. The number of amides is 1. The topological polar surface area (TPSA) is 76.9 Å². The zero-order chi connectivity index (χ0) is 14.5. The summed E-state index contributed by atoms with van der Waals surface area (Å²) in [4.78, 5) is 11.8. The third-order valence-corrected chi connectivity index (χ3v) is 3.59. The largest absolute Gasteiger partial charge is 0.326 e. The van der Waals surface area contributed by atoms with Crippen molar-refractivity contribution in [2.24, 2.45) is 0 Å². The van der Waals surface area contributed by atoms with Crippen LogP contribution >= 0.6 is 11.6 Å². The molecule has 8 heteroatoms. The number of rotatable bonds is 5. The lowest BCUT2D eigenvalue weighted by Gasteiger charge is -2.07. The van der Waals surface area contributed by atoms with E-state index in [1.807, 2.05) is 0 Å². The Bertz CT molecular complexity index is 644. The standard InChI is InChI=1S/C12H13ClN4O2S/c1-20(19)12-16-14-8-17(12)6-5-11(18)15-10-4-2-3-9(13)7-10/h2-4,7-8H,5-6H2,1H3,(H,15,18). The number of nitrogens with one attached hydrogen (secondary N) is 1. The van der Waals surface area contributed by atoms with Gasteiger partial charge in [-0.25, -0.2) is 0 Å². The molecule has 20 heavy (non-hydrogen) atoms. The maximum Gasteiger partial charge on any atom is 0.226 e. The number of hydrogen-bond donors (Lipinski definition) is 1. The van der Waals surface area contributed by atoms with Crippen molar-refractivity contribution in [3.63, 3.8) is 0 Å². The van der Waals surface area contributed by atoms with E-state index in [0.29, 0.717) is 22.4 Å². The highest BCUT2D eigenvalue weighted by molar-refractivity contribution is 7.84. The summed E-state index contributed by atoms with van der Waals surface area (Å²) in [5.41, 5.74) is 0.644. The molecule has 0 bridgehead atoms. The van der Waals surface area contributed by atoms with Gasteiger partial charge in [-0.1, -0.05) is 17.7 Å². The van der Waals surface area contributed by atoms with Gasteiger partial charge in [0.1, 0.15) is 6.33 Å². The van der Waals surface area contributed by atoms with Gasteiger partial charge in [0.05, 0.1) is 10.8 Å². The number of nitrogens with zero attached hydrogens (tertiary/aromatic N) is 3. The Morgan fingerprint density at radius 1 is 1.50 bits per heavy atom. The maximum atomic E-state index is 11.8. The number of hydrogen-bond acceptors (Lipinski definition) is 4. The first-order chi connectivity index (χ1) is 9.56. The minimum atomic E-state index is -1.22. The molecule has 0 fully saturated rings. The third kappa shape index (κ3) is 3.88. The van der Waals surface area contributed by atoms with Gasteiger partial charge in [-0.2, -0.15) is 0 Å². The fourth-order valence-corrected chi connectivity index (χ4v) is 2.45. The Hall–Kier alpha value is -1.73. The van der Waals surface area contributed by atoms with Gasteiger partial charge >= 0.3 is 0 Å². The lowest BCUT2D eigenvalue weighted by molar-refractivity contribution is -0.116. The molecule has 0 aliphatic rings. The maximum absolute atomic E-state index is 11.8. The first kappa shape index (κ1) is 14.7. The molecule has 0 aliphatic heterocycles. The van der Waals surface area contributed by atoms with Crippen molar-refractivity contribution in [2.45, 2.75) is 18.1 Å². The highest BCUT2D eigenvalue weighted by Gasteiger charge is 2.10. The molecule has 0 spiro atoms. The number of carbonyl (C=O) groups excluding carboxylic acids is 1. The molecule has 1 amide bonds. The summed E-state index contributed by atoms with van der Waals surface area (Å²) < 4.78 is 13.0. The van der Waals surface area contributed by atoms with E-state index in [9.17, 15) is 9.00 Å². The van der Waals surface area contributed by atoms with Crippen LogP contribution in [0.2, 0.25) is 5.02 Å². The van der Waals surface area contributed by atoms with E-state index in [-0.39, 0.29) is 12.3 Å². The molecule has 1 heterocycles. The molecule has 1 atom stereocenters. The van der Waals surface area contributed by atoms with Crippen molar-refractivity contribution in [1.29, 1.82) is 0 Å². The van der Waals surface area contributed by atoms with E-state index in [4.69, 9.17) is 11.6 Å². The number of anilines is 1. The van der Waals surface area contributed by atoms with Gasteiger partial charge in [-0.3, -0.25) is 9.00 Å². The van der Waals surface area contributed by atoms with Gasteiger partial charge in [0.2, 0.25) is 11.1 Å². The summed E-state index contributed by atoms with van der Waals surface area (Å²) in [6.07, 6.45) is 3.21. The smallest absolute Gasteiger partial charge is 0.226 e. The predicted octanol–water partition coefficient (Wildman–Crippen LogP) is 1.70. The molecular weight excluding hydrogens is 300 g/mol. The van der Waals surface area contributed by atoms with Crippen LogP contribution in [0.25, 0.3) is 0 Å². The quantitative estimate of drug-likeness (QED) is 0.911. The zero-order valence-corrected chi connectivity index (χ0v) is 12.3. The molecule has 0 radical (unpaired) electrons. The van der Waals surface area contributed by atoms with Crippen LogP contribution in [0.5, 0.6) is 0 Å². The summed E-state index contributed by atoms with van der Waals surface area (Å²) in [6, 6.07) is 6.92. The van der Waals surface area contributed by atoms with E-state index in [2.05, 4.69) is 15.5 Å². The summed E-state index contributed by atoms with van der Waals surface area (Å²) in [6.45, 7) is 0.369. The SMILES string of the molecule is CS(=O)c1nncn1CCC(=O)Nc1cccc(Cl)c1. The van der Waals surface area contributed by atoms with E-state index < -0.39 is 10.8 Å². The van der Waals surface area contributed by atoms with Crippen molar-refractivity contribution in [3.8, 4) is 0 Å². The van der Waals surface area contributed by atoms with Gasteiger partial charge in [-0.05, 0) is 18.2 Å². The molecule has 1 aromatic carbocycles. The van der Waals surface area contributed by atoms with Crippen LogP contribution in [0.1, 0.15) is 6.42 Å². The van der Waals surface area contributed by atoms with Crippen molar-refractivity contribution in [1.82, 2.24) is 14.8 Å². The van der Waals surface area contributed by atoms with Crippen molar-refractivity contribution >= 4 is 34.0 Å². The number of aryl methyl sites for hydroxylation is 1. The van der Waals surface area contributed by atoms with E-state index in [1.54, 1.807) is 28.8 Å². The van der Waals surface area contributed by atoms with Crippen LogP contribution in [0.4, 0.5) is 5.69 Å². The summed E-state index contributed by atoms with van der Waals surface area (Å²) in [7, 11) is -1.22. The number of benzene rings is 1. The molecule has 1 N–H and O–H groups in total. The summed E-state index contributed by atoms with van der Waals surface area (Å²) in [5, 5.41) is 11.1. The second-order valence-corrected chi connectivity index (χ2v) is 5.78. The summed E-state index contributed by atoms with van der Waals surface area (Å²) in [5.74, 6) is -0.159. The Morgan fingerprint density at radius 3 is 3.00 bits per heavy atom. The Labute approximate surface area is 123 Å². The van der Waals surface area contributed by atoms with E-state index in [0.717, 1.165) is 0 Å². The molecule has 2 aromatic rings. The normalized spacial score (nSPS) is 12.1. The number of carbonyl (C=O) groups is 1. The second kappa shape index (κ2) is 6.62. The minimum Gasteiger partial charge on any atom is -0.326 e. The first-order valence-electron chi connectivity index (χ1n) is 5.83. The third-order valence-electron chi connectivity index (χ3n) is 2.53. The monoisotopic (exact) mass is 312 g/mol. The second-order valence-electron chi connectivity index (χ2n) is 4.07. The Balaban J connectivity index is 1.92. The molecule has 1 aromatic heterocycles. The van der Waals surface area contributed by atoms with E-state index >= 15 is 0 Å². The summed E-state index contributed by atoms with van der Waals surface area (Å²) >= 11 is 5.84. The molecule has 0 aliphatic carbocycles. The molecule has 106 valence electrons. The number of aromatic nitrogens is 3. The molecule has 1 unspecified atom stereocenters. The van der Waals surface area contributed by atoms with Gasteiger partial charge in [0.15, 0.2) is 0 Å². The van der Waals surface area contributed by atoms with Crippen LogP contribution < -0.4 is 5.32 Å². The Morgan fingerprint density at radius 2 is 2.30 bits per heavy atom. The minimum absolute atomic E-state index is 0.159. The molecule has 0 saturated heterocycles. The Kier molecular flexibility index (Phi) is 4.86. The molecular formula is C12H13ClN4O2S. The average molecular weight is 313 g/mol. The number of halogens is 1. The fourth-order valence-electron chi connectivity index (χ4n) is 1.63. The lowest BCUT2D eigenvalue weighted by atomic mass is 10.3. The van der Waals surface area contributed by atoms with Gasteiger partial charge < -0.3 is 9.88 Å². The van der Waals surface area contributed by atoms with E-state index in [1.165, 1.54) is 12.6 Å². The van der Waals surface area contributed by atoms with Crippen LogP contribution in [0, 0.1) is 0 Å². The van der Waals surface area contributed by atoms with Gasteiger partial charge in [0.25, 0.3) is 0 Å². The highest BCUT2D eigenvalue weighted by atomic mass is 35.5. The molecule has 6 nitrogen and oxygen atoms in total. The molecule has 0 saturated carbocycles. The van der Waals surface area contributed by atoms with Crippen LogP contribution in [0.15, 0.2) is 35.7 Å². The predicted molar refractivity (Wildman–Crippen MR) is 77.1 cm³/mol. The average Bonchev–Trinajstić information content (AvgIpc) is 2.85. The first-order valence-corrected chi connectivity index (χ1v) is 7.76. The van der Waals surface area contributed by atoms with Crippen LogP contribution in [-0.4, -0.2) is 31.1 Å². The van der Waals surface area contributed by atoms with Crippen molar-refractivity contribution in [3.05, 3.63) is 35.6 Å². The lowest BCUT2D eigenvalue weighted by Crippen LogP contribution is -2.15. The molecule has 2 rings (SSSR count). The fraction of sp³-hybridized carbons (Fsp3) is 0.250. The van der Waals surface area contributed by atoms with Crippen molar-refractivity contribution in [2.75, 3.05) is 11.6 Å². The van der Waals surface area contributed by atoms with Crippen molar-refractivity contribution < 1.29 is 9.00 Å². The van der Waals surface area contributed by atoms with Gasteiger partial charge in [0, 0.05) is 29.9 Å². The van der Waals surface area contributed by atoms with Crippen LogP contribution in [0.3, 0.4) is 0 Å². The van der Waals surface area contributed by atoms with Gasteiger partial charge in [-0.15, -0.1) is 10.2 Å². The van der Waals surface area contributed by atoms with Crippen LogP contribution in [-0.2, 0) is 22.1 Å². The zero-order valence-electron chi connectivity index (χ0n) is 10.7.